The number of benzene rings is 1. The summed E-state index contributed by atoms with van der Waals surface area (Å²) in [5.74, 6) is -0.243. The highest BCUT2D eigenvalue weighted by Crippen LogP contribution is 2.13. The van der Waals surface area contributed by atoms with Crippen LogP contribution in [0.4, 0.5) is 11.4 Å². The number of aromatic nitrogens is 2. The summed E-state index contributed by atoms with van der Waals surface area (Å²) in [5.41, 5.74) is 13.3. The van der Waals surface area contributed by atoms with Crippen LogP contribution in [0.1, 0.15) is 16.1 Å². The van der Waals surface area contributed by atoms with Gasteiger partial charge >= 0.3 is 0 Å². The summed E-state index contributed by atoms with van der Waals surface area (Å²) in [6.07, 6.45) is 3.05. The van der Waals surface area contributed by atoms with E-state index in [0.717, 1.165) is 5.69 Å². The van der Waals surface area contributed by atoms with Gasteiger partial charge in [-0.25, -0.2) is 9.97 Å². The molecule has 92 valence electrons. The van der Waals surface area contributed by atoms with Crippen molar-refractivity contribution >= 4 is 17.3 Å². The van der Waals surface area contributed by atoms with Gasteiger partial charge in [0, 0.05) is 23.1 Å². The highest BCUT2D eigenvalue weighted by atomic mass is 16.1. The lowest BCUT2D eigenvalue weighted by molar-refractivity contribution is 0.0950. The molecule has 0 aliphatic heterocycles. The van der Waals surface area contributed by atoms with E-state index in [4.69, 9.17) is 11.5 Å². The lowest BCUT2D eigenvalue weighted by Crippen LogP contribution is -2.23. The second-order valence-electron chi connectivity index (χ2n) is 3.77. The summed E-state index contributed by atoms with van der Waals surface area (Å²) in [7, 11) is 0. The van der Waals surface area contributed by atoms with Gasteiger partial charge in [-0.2, -0.15) is 0 Å². The summed E-state index contributed by atoms with van der Waals surface area (Å²) in [5, 5.41) is 2.73. The van der Waals surface area contributed by atoms with E-state index in [1.54, 1.807) is 30.5 Å². The first-order valence-corrected chi connectivity index (χ1v) is 5.34. The molecule has 0 spiro atoms. The monoisotopic (exact) mass is 243 g/mol. The van der Waals surface area contributed by atoms with Crippen molar-refractivity contribution in [3.63, 3.8) is 0 Å². The molecule has 18 heavy (non-hydrogen) atoms. The first-order chi connectivity index (χ1) is 8.65. The quantitative estimate of drug-likeness (QED) is 0.683. The van der Waals surface area contributed by atoms with Crippen LogP contribution >= 0.6 is 0 Å². The molecule has 2 aromatic rings. The molecule has 5 N–H and O–H groups in total. The molecule has 0 bridgehead atoms. The molecule has 0 atom stereocenters. The molecule has 0 radical (unpaired) electrons. The molecule has 1 aromatic carbocycles. The van der Waals surface area contributed by atoms with E-state index in [0.29, 0.717) is 23.5 Å². The average molecular weight is 243 g/mol. The molecule has 6 heteroatoms. The lowest BCUT2D eigenvalue weighted by Gasteiger charge is -2.06. The zero-order chi connectivity index (χ0) is 13.0. The molecule has 0 unspecified atom stereocenters. The fourth-order valence-electron chi connectivity index (χ4n) is 1.50. The number of nitrogens with one attached hydrogen (secondary N) is 1. The molecule has 0 saturated heterocycles. The number of nitrogens with zero attached hydrogens (tertiary/aromatic N) is 2. The van der Waals surface area contributed by atoms with E-state index in [-0.39, 0.29) is 5.91 Å². The fourth-order valence-corrected chi connectivity index (χ4v) is 1.50. The van der Waals surface area contributed by atoms with Gasteiger partial charge in [0.1, 0.15) is 6.33 Å². The van der Waals surface area contributed by atoms with Gasteiger partial charge in [-0.15, -0.1) is 0 Å². The van der Waals surface area contributed by atoms with Gasteiger partial charge in [0.05, 0.1) is 12.2 Å². The first kappa shape index (κ1) is 11.8. The Morgan fingerprint density at radius 1 is 1.22 bits per heavy atom. The molecule has 1 amide bonds. The number of nitrogen functional groups attached to an aromatic ring is 2. The number of carbonyl (C=O) groups is 1. The topological polar surface area (TPSA) is 107 Å². The Bertz CT molecular complexity index is 535. The Morgan fingerprint density at radius 2 is 1.94 bits per heavy atom. The number of nitrogens with two attached hydrogens (primary N) is 2. The highest BCUT2D eigenvalue weighted by molar-refractivity contribution is 5.96. The van der Waals surface area contributed by atoms with E-state index in [1.807, 2.05) is 0 Å². The van der Waals surface area contributed by atoms with E-state index in [2.05, 4.69) is 15.3 Å². The third-order valence-electron chi connectivity index (χ3n) is 2.31. The van der Waals surface area contributed by atoms with Crippen LogP contribution in [0.5, 0.6) is 0 Å². The van der Waals surface area contributed by atoms with Crippen molar-refractivity contribution in [2.75, 3.05) is 11.5 Å². The van der Waals surface area contributed by atoms with Crippen LogP contribution in [-0.2, 0) is 6.54 Å². The normalized spacial score (nSPS) is 10.0. The molecule has 0 aliphatic carbocycles. The van der Waals surface area contributed by atoms with Crippen molar-refractivity contribution in [3.05, 3.63) is 48.0 Å². The molecule has 0 saturated carbocycles. The molecular weight excluding hydrogens is 230 g/mol. The van der Waals surface area contributed by atoms with Gasteiger partial charge in [-0.05, 0) is 24.3 Å². The summed E-state index contributed by atoms with van der Waals surface area (Å²) >= 11 is 0. The van der Waals surface area contributed by atoms with E-state index in [1.165, 1.54) is 6.33 Å². The fraction of sp³-hybridized carbons (Fsp3) is 0.0833. The Labute approximate surface area is 104 Å². The SMILES string of the molecule is Nc1cc(N)cc(C(=O)NCc2ccncn2)c1. The summed E-state index contributed by atoms with van der Waals surface area (Å²) in [6.45, 7) is 0.329. The largest absolute Gasteiger partial charge is 0.399 e. The lowest BCUT2D eigenvalue weighted by atomic mass is 10.1. The number of hydrogen-bond donors (Lipinski definition) is 3. The minimum Gasteiger partial charge on any atom is -0.399 e. The van der Waals surface area contributed by atoms with Crippen molar-refractivity contribution in [3.8, 4) is 0 Å². The van der Waals surface area contributed by atoms with E-state index >= 15 is 0 Å². The third-order valence-corrected chi connectivity index (χ3v) is 2.31. The number of rotatable bonds is 3. The van der Waals surface area contributed by atoms with Gasteiger partial charge in [0.15, 0.2) is 0 Å². The number of carbonyl (C=O) groups excluding carboxylic acids is 1. The standard InChI is InChI=1S/C12H13N5O/c13-9-3-8(4-10(14)5-9)12(18)16-6-11-1-2-15-7-17-11/h1-5,7H,6,13-14H2,(H,16,18). The Balaban J connectivity index is 2.04. The summed E-state index contributed by atoms with van der Waals surface area (Å²) in [6, 6.07) is 6.48. The Morgan fingerprint density at radius 3 is 2.56 bits per heavy atom. The second-order valence-corrected chi connectivity index (χ2v) is 3.77. The average Bonchev–Trinajstić information content (AvgIpc) is 2.36. The van der Waals surface area contributed by atoms with E-state index < -0.39 is 0 Å². The van der Waals surface area contributed by atoms with Gasteiger partial charge in [-0.1, -0.05) is 0 Å². The second kappa shape index (κ2) is 5.13. The van der Waals surface area contributed by atoms with Crippen LogP contribution in [0.2, 0.25) is 0 Å². The predicted octanol–water partition coefficient (Wildman–Crippen LogP) is 0.571. The van der Waals surface area contributed by atoms with Gasteiger partial charge in [-0.3, -0.25) is 4.79 Å². The van der Waals surface area contributed by atoms with Crippen LogP contribution in [-0.4, -0.2) is 15.9 Å². The smallest absolute Gasteiger partial charge is 0.251 e. The minimum atomic E-state index is -0.243. The highest BCUT2D eigenvalue weighted by Gasteiger charge is 2.07. The van der Waals surface area contributed by atoms with Crippen molar-refractivity contribution in [2.45, 2.75) is 6.54 Å². The van der Waals surface area contributed by atoms with Crippen molar-refractivity contribution in [1.82, 2.24) is 15.3 Å². The summed E-state index contributed by atoms with van der Waals surface area (Å²) < 4.78 is 0. The number of anilines is 2. The van der Waals surface area contributed by atoms with Crippen LogP contribution < -0.4 is 16.8 Å². The van der Waals surface area contributed by atoms with E-state index in [9.17, 15) is 4.79 Å². The van der Waals surface area contributed by atoms with Crippen LogP contribution in [0.25, 0.3) is 0 Å². The molecular formula is C12H13N5O. The zero-order valence-electron chi connectivity index (χ0n) is 9.63. The molecule has 0 fully saturated rings. The zero-order valence-corrected chi connectivity index (χ0v) is 9.63. The molecule has 0 aliphatic rings. The van der Waals surface area contributed by atoms with Crippen LogP contribution in [0, 0.1) is 0 Å². The number of hydrogen-bond acceptors (Lipinski definition) is 5. The molecule has 2 rings (SSSR count). The summed E-state index contributed by atoms with van der Waals surface area (Å²) in [4.78, 5) is 19.7. The first-order valence-electron chi connectivity index (χ1n) is 5.34. The van der Waals surface area contributed by atoms with Crippen molar-refractivity contribution in [2.24, 2.45) is 0 Å². The van der Waals surface area contributed by atoms with Gasteiger partial charge in [0.2, 0.25) is 0 Å². The Kier molecular flexibility index (Phi) is 3.38. The molecule has 1 heterocycles. The third kappa shape index (κ3) is 2.94. The van der Waals surface area contributed by atoms with Crippen molar-refractivity contribution < 1.29 is 4.79 Å². The Hall–Kier alpha value is -2.63. The van der Waals surface area contributed by atoms with Gasteiger partial charge < -0.3 is 16.8 Å². The molecule has 1 aromatic heterocycles. The maximum absolute atomic E-state index is 11.9. The van der Waals surface area contributed by atoms with Crippen LogP contribution in [0.15, 0.2) is 36.8 Å². The van der Waals surface area contributed by atoms with Crippen LogP contribution in [0.3, 0.4) is 0 Å². The molecule has 6 nitrogen and oxygen atoms in total. The predicted molar refractivity (Wildman–Crippen MR) is 68.5 cm³/mol. The van der Waals surface area contributed by atoms with Crippen molar-refractivity contribution in [1.29, 1.82) is 0 Å². The minimum absolute atomic E-state index is 0.243. The maximum atomic E-state index is 11.9. The van der Waals surface area contributed by atoms with Gasteiger partial charge in [0.25, 0.3) is 5.91 Å². The number of amides is 1. The maximum Gasteiger partial charge on any atom is 0.251 e.